The first-order valence-corrected chi connectivity index (χ1v) is 6.70. The van der Waals surface area contributed by atoms with Crippen LogP contribution < -0.4 is 15.8 Å². The van der Waals surface area contributed by atoms with Crippen molar-refractivity contribution in [3.05, 3.63) is 34.4 Å². The lowest BCUT2D eigenvalue weighted by Crippen LogP contribution is -2.47. The highest BCUT2D eigenvalue weighted by Gasteiger charge is 2.59. The summed E-state index contributed by atoms with van der Waals surface area (Å²) >= 11 is 0. The third kappa shape index (κ3) is 5.05. The van der Waals surface area contributed by atoms with Crippen LogP contribution in [0.4, 0.5) is 49.6 Å². The average molecular weight is 398 g/mol. The Kier molecular flexibility index (Phi) is 5.23. The maximum absolute atomic E-state index is 12.6. The molecule has 27 heavy (non-hydrogen) atoms. The van der Waals surface area contributed by atoms with Crippen LogP contribution in [0.2, 0.25) is 0 Å². The van der Waals surface area contributed by atoms with E-state index < -0.39 is 47.0 Å². The van der Waals surface area contributed by atoms with Crippen LogP contribution in [0.1, 0.15) is 0 Å². The topological polar surface area (TPSA) is 129 Å². The third-order valence-electron chi connectivity index (χ3n) is 2.80. The standard InChI is InChI=1S/C12H8F6N6O3/c13-11(14,15)7(12(16,17)18)27-10-22-8(19)21-9(23-10)20-5-3-1-2-4-6(5)24(25)26/h1-4,7H,(H3,19,20,21,22,23). The molecular weight excluding hydrogens is 390 g/mol. The first-order valence-electron chi connectivity index (χ1n) is 6.70. The Hall–Kier alpha value is -3.39. The molecule has 2 rings (SSSR count). The molecule has 3 N–H and O–H groups in total. The summed E-state index contributed by atoms with van der Waals surface area (Å²) in [7, 11) is 0. The predicted octanol–water partition coefficient (Wildman–Crippen LogP) is 2.98. The number of nitro benzene ring substituents is 1. The van der Waals surface area contributed by atoms with Crippen molar-refractivity contribution in [3.8, 4) is 6.01 Å². The molecule has 0 saturated carbocycles. The minimum absolute atomic E-state index is 0.192. The molecule has 0 amide bonds. The lowest BCUT2D eigenvalue weighted by Gasteiger charge is -2.22. The molecule has 0 atom stereocenters. The largest absolute Gasteiger partial charge is 0.440 e. The molecule has 0 aliphatic carbocycles. The Morgan fingerprint density at radius 3 is 2.22 bits per heavy atom. The van der Waals surface area contributed by atoms with Crippen molar-refractivity contribution in [1.82, 2.24) is 15.0 Å². The zero-order chi connectivity index (χ0) is 20.4. The zero-order valence-corrected chi connectivity index (χ0v) is 12.7. The number of nitro groups is 1. The fraction of sp³-hybridized carbons (Fsp3) is 0.250. The summed E-state index contributed by atoms with van der Waals surface area (Å²) in [5.74, 6) is -1.43. The van der Waals surface area contributed by atoms with E-state index in [0.717, 1.165) is 6.07 Å². The molecule has 0 saturated heterocycles. The summed E-state index contributed by atoms with van der Waals surface area (Å²) in [6, 6.07) is 3.63. The van der Waals surface area contributed by atoms with Gasteiger partial charge in [-0.25, -0.2) is 0 Å². The Bertz CT molecular complexity index is 829. The van der Waals surface area contributed by atoms with Gasteiger partial charge in [-0.2, -0.15) is 41.3 Å². The van der Waals surface area contributed by atoms with E-state index >= 15 is 0 Å². The molecule has 1 aromatic carbocycles. The summed E-state index contributed by atoms with van der Waals surface area (Å²) in [6.07, 6.45) is -15.8. The minimum atomic E-state index is -5.80. The number of hydrogen-bond donors (Lipinski definition) is 2. The molecule has 0 spiro atoms. The van der Waals surface area contributed by atoms with Crippen molar-refractivity contribution in [3.63, 3.8) is 0 Å². The Morgan fingerprint density at radius 2 is 1.67 bits per heavy atom. The van der Waals surface area contributed by atoms with Crippen LogP contribution in [0.25, 0.3) is 0 Å². The van der Waals surface area contributed by atoms with Crippen LogP contribution in [0, 0.1) is 10.1 Å². The van der Waals surface area contributed by atoms with E-state index in [1.165, 1.54) is 18.2 Å². The van der Waals surface area contributed by atoms with Crippen molar-refractivity contribution in [2.75, 3.05) is 11.1 Å². The Labute approximate surface area is 145 Å². The summed E-state index contributed by atoms with van der Waals surface area (Å²) in [5.41, 5.74) is 4.58. The normalized spacial score (nSPS) is 12.1. The van der Waals surface area contributed by atoms with Crippen LogP contribution in [-0.4, -0.2) is 38.3 Å². The van der Waals surface area contributed by atoms with Gasteiger partial charge in [0.1, 0.15) is 5.69 Å². The quantitative estimate of drug-likeness (QED) is 0.447. The number of alkyl halides is 6. The van der Waals surface area contributed by atoms with Crippen LogP contribution in [0.3, 0.4) is 0 Å². The van der Waals surface area contributed by atoms with Crippen molar-refractivity contribution < 1.29 is 36.0 Å². The van der Waals surface area contributed by atoms with Gasteiger partial charge in [0.05, 0.1) is 4.92 Å². The SMILES string of the molecule is Nc1nc(Nc2ccccc2[N+](=O)[O-])nc(OC(C(F)(F)F)C(F)(F)F)n1. The second kappa shape index (κ2) is 7.08. The third-order valence-corrected chi connectivity index (χ3v) is 2.80. The number of nitrogens with zero attached hydrogens (tertiary/aromatic N) is 4. The number of anilines is 3. The number of ether oxygens (including phenoxy) is 1. The second-order valence-corrected chi connectivity index (χ2v) is 4.78. The van der Waals surface area contributed by atoms with Gasteiger partial charge in [0.25, 0.3) is 11.8 Å². The minimum Gasteiger partial charge on any atom is -0.440 e. The van der Waals surface area contributed by atoms with Gasteiger partial charge in [0.2, 0.25) is 11.9 Å². The van der Waals surface area contributed by atoms with E-state index in [1.807, 2.05) is 0 Å². The zero-order valence-electron chi connectivity index (χ0n) is 12.7. The van der Waals surface area contributed by atoms with Gasteiger partial charge in [0.15, 0.2) is 0 Å². The number of para-hydroxylation sites is 2. The number of rotatable bonds is 5. The van der Waals surface area contributed by atoms with E-state index in [1.54, 1.807) is 0 Å². The van der Waals surface area contributed by atoms with Crippen LogP contribution in [0.5, 0.6) is 6.01 Å². The first kappa shape index (κ1) is 19.9. The molecule has 0 unspecified atom stereocenters. The van der Waals surface area contributed by atoms with Gasteiger partial charge in [-0.1, -0.05) is 12.1 Å². The monoisotopic (exact) mass is 398 g/mol. The maximum Gasteiger partial charge on any atom is 0.434 e. The number of hydrogen-bond acceptors (Lipinski definition) is 8. The second-order valence-electron chi connectivity index (χ2n) is 4.78. The van der Waals surface area contributed by atoms with Gasteiger partial charge in [-0.05, 0) is 6.07 Å². The van der Waals surface area contributed by atoms with E-state index in [4.69, 9.17) is 5.73 Å². The van der Waals surface area contributed by atoms with E-state index in [-0.39, 0.29) is 5.69 Å². The van der Waals surface area contributed by atoms with Gasteiger partial charge in [0, 0.05) is 6.07 Å². The van der Waals surface area contributed by atoms with Crippen molar-refractivity contribution in [2.45, 2.75) is 18.5 Å². The molecule has 0 aliphatic heterocycles. The fourth-order valence-electron chi connectivity index (χ4n) is 1.76. The molecule has 2 aromatic rings. The summed E-state index contributed by atoms with van der Waals surface area (Å²) in [5, 5.41) is 13.2. The van der Waals surface area contributed by atoms with Gasteiger partial charge in [-0.15, -0.1) is 0 Å². The van der Waals surface area contributed by atoms with Gasteiger partial charge < -0.3 is 15.8 Å². The molecule has 0 aliphatic rings. The van der Waals surface area contributed by atoms with Crippen molar-refractivity contribution >= 4 is 23.3 Å². The van der Waals surface area contributed by atoms with Gasteiger partial charge in [-0.3, -0.25) is 10.1 Å². The first-order chi connectivity index (χ1) is 12.4. The molecule has 0 bridgehead atoms. The van der Waals surface area contributed by atoms with E-state index in [2.05, 4.69) is 25.0 Å². The molecule has 9 nitrogen and oxygen atoms in total. The van der Waals surface area contributed by atoms with Crippen LogP contribution >= 0.6 is 0 Å². The van der Waals surface area contributed by atoms with Crippen LogP contribution in [-0.2, 0) is 0 Å². The van der Waals surface area contributed by atoms with Crippen molar-refractivity contribution in [1.29, 1.82) is 0 Å². The maximum atomic E-state index is 12.6. The molecule has 0 fully saturated rings. The number of nitrogens with two attached hydrogens (primary N) is 1. The van der Waals surface area contributed by atoms with Crippen molar-refractivity contribution in [2.24, 2.45) is 0 Å². The summed E-state index contributed by atoms with van der Waals surface area (Å²) < 4.78 is 79.1. The molecule has 0 radical (unpaired) electrons. The number of nitrogens with one attached hydrogen (secondary N) is 1. The summed E-state index contributed by atoms with van der Waals surface area (Å²) in [4.78, 5) is 19.9. The van der Waals surface area contributed by atoms with Crippen LogP contribution in [0.15, 0.2) is 24.3 Å². The lowest BCUT2D eigenvalue weighted by molar-refractivity contribution is -0.383. The number of aromatic nitrogens is 3. The molecule has 15 heteroatoms. The molecule has 146 valence electrons. The highest BCUT2D eigenvalue weighted by atomic mass is 19.4. The van der Waals surface area contributed by atoms with Gasteiger partial charge >= 0.3 is 18.4 Å². The smallest absolute Gasteiger partial charge is 0.434 e. The van der Waals surface area contributed by atoms with E-state index in [9.17, 15) is 36.5 Å². The van der Waals surface area contributed by atoms with E-state index in [0.29, 0.717) is 0 Å². The highest BCUT2D eigenvalue weighted by Crippen LogP contribution is 2.36. The lowest BCUT2D eigenvalue weighted by atomic mass is 10.3. The summed E-state index contributed by atoms with van der Waals surface area (Å²) in [6.45, 7) is 0. The Morgan fingerprint density at radius 1 is 1.07 bits per heavy atom. The highest BCUT2D eigenvalue weighted by molar-refractivity contribution is 5.66. The molecule has 1 heterocycles. The molecule has 1 aromatic heterocycles. The Balaban J connectivity index is 2.35. The number of nitrogen functional groups attached to an aromatic ring is 1. The fourth-order valence-corrected chi connectivity index (χ4v) is 1.76. The predicted molar refractivity (Wildman–Crippen MR) is 77.1 cm³/mol. The number of halogens is 6. The average Bonchev–Trinajstić information content (AvgIpc) is 2.50. The molecular formula is C12H8F6N6O3. The number of benzene rings is 1.